The average molecular weight is 409 g/mol. The first-order chi connectivity index (χ1) is 13.6. The lowest BCUT2D eigenvalue weighted by Gasteiger charge is -2.17. The normalized spacial score (nSPS) is 12.1. The van der Waals surface area contributed by atoms with Crippen LogP contribution >= 0.6 is 0 Å². The third-order valence-electron chi connectivity index (χ3n) is 4.40. The molecule has 0 fully saturated rings. The molecule has 1 N–H and O–H groups in total. The van der Waals surface area contributed by atoms with Gasteiger partial charge in [-0.2, -0.15) is 26.3 Å². The molecule has 7 heteroatoms. The van der Waals surface area contributed by atoms with Crippen LogP contribution in [-0.4, -0.2) is 6.54 Å². The monoisotopic (exact) mass is 409 g/mol. The molecule has 0 saturated carbocycles. The zero-order chi connectivity index (χ0) is 21.2. The third kappa shape index (κ3) is 4.55. The van der Waals surface area contributed by atoms with E-state index in [0.29, 0.717) is 12.2 Å². The Morgan fingerprint density at radius 2 is 1.07 bits per heavy atom. The number of rotatable bonds is 4. The van der Waals surface area contributed by atoms with Crippen molar-refractivity contribution in [1.82, 2.24) is 0 Å². The predicted octanol–water partition coefficient (Wildman–Crippen LogP) is 7.49. The molecular weight excluding hydrogens is 392 g/mol. The molecule has 0 atom stereocenters. The van der Waals surface area contributed by atoms with E-state index < -0.39 is 23.5 Å². The molecule has 0 heterocycles. The minimum atomic E-state index is -4.59. The van der Waals surface area contributed by atoms with Crippen LogP contribution in [0.25, 0.3) is 22.3 Å². The third-order valence-corrected chi connectivity index (χ3v) is 4.40. The van der Waals surface area contributed by atoms with Crippen molar-refractivity contribution in [2.45, 2.75) is 19.3 Å². The first kappa shape index (κ1) is 20.8. The predicted molar refractivity (Wildman–Crippen MR) is 101 cm³/mol. The second-order valence-corrected chi connectivity index (χ2v) is 6.42. The summed E-state index contributed by atoms with van der Waals surface area (Å²) in [5, 5.41) is 2.98. The van der Waals surface area contributed by atoms with Gasteiger partial charge in [0, 0.05) is 12.2 Å². The quantitative estimate of drug-likeness (QED) is 0.440. The van der Waals surface area contributed by atoms with E-state index in [-0.39, 0.29) is 22.3 Å². The fourth-order valence-corrected chi connectivity index (χ4v) is 3.21. The Labute approximate surface area is 164 Å². The van der Waals surface area contributed by atoms with E-state index in [0.717, 1.165) is 12.1 Å². The number of nitrogens with one attached hydrogen (secondary N) is 1. The highest BCUT2D eigenvalue weighted by atomic mass is 19.4. The van der Waals surface area contributed by atoms with Crippen LogP contribution in [0.3, 0.4) is 0 Å². The lowest BCUT2D eigenvalue weighted by Crippen LogP contribution is -2.08. The molecule has 0 aromatic heterocycles. The van der Waals surface area contributed by atoms with Crippen molar-refractivity contribution in [3.8, 4) is 22.3 Å². The number of alkyl halides is 6. The molecule has 0 unspecified atom stereocenters. The van der Waals surface area contributed by atoms with Gasteiger partial charge in [-0.3, -0.25) is 0 Å². The maximum absolute atomic E-state index is 13.5. The van der Waals surface area contributed by atoms with Crippen molar-refractivity contribution in [3.63, 3.8) is 0 Å². The highest BCUT2D eigenvalue weighted by Crippen LogP contribution is 2.41. The molecule has 0 saturated heterocycles. The van der Waals surface area contributed by atoms with Crippen LogP contribution in [0.4, 0.5) is 32.0 Å². The number of halogens is 6. The molecule has 0 aliphatic heterocycles. The Morgan fingerprint density at radius 1 is 0.655 bits per heavy atom. The fraction of sp³-hybridized carbons (Fsp3) is 0.182. The minimum Gasteiger partial charge on any atom is -0.385 e. The van der Waals surface area contributed by atoms with Gasteiger partial charge in [0.15, 0.2) is 0 Å². The highest BCUT2D eigenvalue weighted by molar-refractivity contribution is 5.81. The topological polar surface area (TPSA) is 12.0 Å². The van der Waals surface area contributed by atoms with Crippen molar-refractivity contribution in [2.75, 3.05) is 11.9 Å². The first-order valence-electron chi connectivity index (χ1n) is 8.83. The maximum Gasteiger partial charge on any atom is 0.417 e. The summed E-state index contributed by atoms with van der Waals surface area (Å²) in [5.41, 5.74) is -1.07. The van der Waals surface area contributed by atoms with Crippen LogP contribution in [0.15, 0.2) is 66.7 Å². The number of anilines is 1. The van der Waals surface area contributed by atoms with E-state index in [1.165, 1.54) is 54.6 Å². The molecule has 0 bridgehead atoms. The van der Waals surface area contributed by atoms with Crippen molar-refractivity contribution in [1.29, 1.82) is 0 Å². The molecular formula is C22H17F6N. The molecule has 0 spiro atoms. The Hall–Kier alpha value is -2.96. The van der Waals surface area contributed by atoms with Gasteiger partial charge in [0.05, 0.1) is 11.1 Å². The molecule has 152 valence electrons. The van der Waals surface area contributed by atoms with E-state index in [9.17, 15) is 26.3 Å². The minimum absolute atomic E-state index is 0.0921. The van der Waals surface area contributed by atoms with E-state index >= 15 is 0 Å². The van der Waals surface area contributed by atoms with Crippen LogP contribution in [0, 0.1) is 0 Å². The molecule has 3 rings (SSSR count). The van der Waals surface area contributed by atoms with Crippen LogP contribution in [0.2, 0.25) is 0 Å². The van der Waals surface area contributed by atoms with E-state index in [2.05, 4.69) is 5.32 Å². The van der Waals surface area contributed by atoms with Gasteiger partial charge in [0.2, 0.25) is 0 Å². The summed E-state index contributed by atoms with van der Waals surface area (Å²) in [6.45, 7) is 2.25. The largest absolute Gasteiger partial charge is 0.417 e. The van der Waals surface area contributed by atoms with Crippen LogP contribution in [0.1, 0.15) is 18.1 Å². The van der Waals surface area contributed by atoms with Gasteiger partial charge in [0.25, 0.3) is 0 Å². The summed E-state index contributed by atoms with van der Waals surface area (Å²) in [7, 11) is 0. The zero-order valence-electron chi connectivity index (χ0n) is 15.3. The second-order valence-electron chi connectivity index (χ2n) is 6.42. The zero-order valence-corrected chi connectivity index (χ0v) is 15.3. The maximum atomic E-state index is 13.5. The molecule has 0 aliphatic carbocycles. The summed E-state index contributed by atoms with van der Waals surface area (Å²) in [4.78, 5) is 0. The van der Waals surface area contributed by atoms with Crippen LogP contribution < -0.4 is 5.32 Å². The Kier molecular flexibility index (Phi) is 5.59. The van der Waals surface area contributed by atoms with Crippen molar-refractivity contribution in [2.24, 2.45) is 0 Å². The summed E-state index contributed by atoms with van der Waals surface area (Å²) in [5.74, 6) is 0. The van der Waals surface area contributed by atoms with Crippen LogP contribution in [0.5, 0.6) is 0 Å². The first-order valence-corrected chi connectivity index (χ1v) is 8.83. The molecule has 0 amide bonds. The molecule has 0 aliphatic rings. The van der Waals surface area contributed by atoms with Gasteiger partial charge in [-0.15, -0.1) is 0 Å². The van der Waals surface area contributed by atoms with Gasteiger partial charge >= 0.3 is 12.4 Å². The summed E-state index contributed by atoms with van der Waals surface area (Å²) < 4.78 is 80.8. The molecule has 1 nitrogen and oxygen atoms in total. The Bertz CT molecular complexity index is 929. The van der Waals surface area contributed by atoms with Gasteiger partial charge in [-0.25, -0.2) is 0 Å². The van der Waals surface area contributed by atoms with Crippen molar-refractivity contribution >= 4 is 5.69 Å². The number of hydrogen-bond donors (Lipinski definition) is 1. The fourth-order valence-electron chi connectivity index (χ4n) is 3.21. The molecule has 29 heavy (non-hydrogen) atoms. The lowest BCUT2D eigenvalue weighted by molar-refractivity contribution is -0.137. The average Bonchev–Trinajstić information content (AvgIpc) is 2.67. The highest BCUT2D eigenvalue weighted by Gasteiger charge is 2.35. The summed E-state index contributed by atoms with van der Waals surface area (Å²) in [6, 6.07) is 14.4. The van der Waals surface area contributed by atoms with Gasteiger partial charge < -0.3 is 5.32 Å². The summed E-state index contributed by atoms with van der Waals surface area (Å²) in [6.07, 6.45) is -9.18. The second kappa shape index (κ2) is 7.81. The Morgan fingerprint density at radius 3 is 1.45 bits per heavy atom. The smallest absolute Gasteiger partial charge is 0.385 e. The van der Waals surface area contributed by atoms with Gasteiger partial charge in [-0.1, -0.05) is 36.4 Å². The SMILES string of the molecule is CCNc1cc(-c2ccccc2C(F)(F)F)cc(-c2ccccc2C(F)(F)F)c1. The Balaban J connectivity index is 2.26. The standard InChI is InChI=1S/C22H17F6N/c1-2-29-16-12-14(17-7-3-5-9-19(17)21(23,24)25)11-15(13-16)18-8-4-6-10-20(18)22(26,27)28/h3-13,29H,2H2,1H3. The number of hydrogen-bond acceptors (Lipinski definition) is 1. The molecule has 3 aromatic rings. The van der Waals surface area contributed by atoms with Gasteiger partial charge in [-0.05, 0) is 59.5 Å². The van der Waals surface area contributed by atoms with E-state index in [1.54, 1.807) is 6.92 Å². The van der Waals surface area contributed by atoms with Crippen molar-refractivity contribution in [3.05, 3.63) is 77.9 Å². The number of benzene rings is 3. The van der Waals surface area contributed by atoms with Gasteiger partial charge in [0.1, 0.15) is 0 Å². The molecule has 0 radical (unpaired) electrons. The van der Waals surface area contributed by atoms with E-state index in [1.807, 2.05) is 0 Å². The molecule has 3 aromatic carbocycles. The summed E-state index contributed by atoms with van der Waals surface area (Å²) >= 11 is 0. The van der Waals surface area contributed by atoms with E-state index in [4.69, 9.17) is 0 Å². The van der Waals surface area contributed by atoms with Crippen LogP contribution in [-0.2, 0) is 12.4 Å². The van der Waals surface area contributed by atoms with Crippen molar-refractivity contribution < 1.29 is 26.3 Å². The lowest BCUT2D eigenvalue weighted by atomic mass is 9.93.